The number of nitrogens with zero attached hydrogens (tertiary/aromatic N) is 2. The van der Waals surface area contributed by atoms with Crippen LogP contribution in [0.25, 0.3) is 0 Å². The Balaban J connectivity index is 2.88. The first kappa shape index (κ1) is 15.4. The van der Waals surface area contributed by atoms with Gasteiger partial charge in [0.2, 0.25) is 5.91 Å². The van der Waals surface area contributed by atoms with Crippen LogP contribution in [0.1, 0.15) is 40.5 Å². The minimum absolute atomic E-state index is 0.0371. The van der Waals surface area contributed by atoms with Gasteiger partial charge in [-0.1, -0.05) is 27.2 Å². The van der Waals surface area contributed by atoms with Crippen molar-refractivity contribution in [3.05, 3.63) is 0 Å². The zero-order chi connectivity index (χ0) is 13.9. The van der Waals surface area contributed by atoms with Crippen LogP contribution in [-0.2, 0) is 4.79 Å². The molecule has 3 atom stereocenters. The number of carbonyl (C=O) groups is 1. The number of likely N-dealkylation sites (N-methyl/N-ethyl adjacent to an activating group) is 1. The van der Waals surface area contributed by atoms with Crippen molar-refractivity contribution in [1.29, 1.82) is 0 Å². The van der Waals surface area contributed by atoms with E-state index in [0.29, 0.717) is 12.0 Å². The second-order valence-corrected chi connectivity index (χ2v) is 6.01. The number of carbonyl (C=O) groups excluding carboxylic acids is 1. The van der Waals surface area contributed by atoms with Gasteiger partial charge in [0.1, 0.15) is 0 Å². The van der Waals surface area contributed by atoms with Crippen LogP contribution in [0.15, 0.2) is 0 Å². The third-order valence-corrected chi connectivity index (χ3v) is 3.64. The highest BCUT2D eigenvalue weighted by molar-refractivity contribution is 5.84. The maximum absolute atomic E-state index is 12.4. The van der Waals surface area contributed by atoms with Gasteiger partial charge in [0.15, 0.2) is 0 Å². The summed E-state index contributed by atoms with van der Waals surface area (Å²) in [6.07, 6.45) is 2.35. The first-order valence-corrected chi connectivity index (χ1v) is 7.11. The summed E-state index contributed by atoms with van der Waals surface area (Å²) in [5.74, 6) is 0.733. The van der Waals surface area contributed by atoms with Gasteiger partial charge in [-0.3, -0.25) is 10.1 Å². The van der Waals surface area contributed by atoms with E-state index in [1.54, 1.807) is 0 Å². The lowest BCUT2D eigenvalue weighted by Gasteiger charge is -2.37. The van der Waals surface area contributed by atoms with Crippen LogP contribution in [0.4, 0.5) is 0 Å². The smallest absolute Gasteiger partial charge is 0.241 e. The number of nitrogens with one attached hydrogen (secondary N) is 1. The van der Waals surface area contributed by atoms with Crippen LogP contribution in [0, 0.1) is 5.92 Å². The quantitative estimate of drug-likeness (QED) is 0.781. The van der Waals surface area contributed by atoms with Gasteiger partial charge >= 0.3 is 0 Å². The van der Waals surface area contributed by atoms with Gasteiger partial charge in [-0.05, 0) is 33.4 Å². The molecule has 0 aromatic carbocycles. The average Bonchev–Trinajstić information content (AvgIpc) is 2.52. The topological polar surface area (TPSA) is 35.6 Å². The molecule has 4 nitrogen and oxygen atoms in total. The molecule has 0 radical (unpaired) electrons. The van der Waals surface area contributed by atoms with Gasteiger partial charge < -0.3 is 9.80 Å². The standard InChI is InChI=1S/C14H29N3O/c1-7-8-13-15-11(4)14(18)17(13)12(10(2)3)9-16(5)6/h10-13,15H,7-9H2,1-6H3. The van der Waals surface area contributed by atoms with Crippen LogP contribution >= 0.6 is 0 Å². The molecule has 3 unspecified atom stereocenters. The van der Waals surface area contributed by atoms with E-state index < -0.39 is 0 Å². The van der Waals surface area contributed by atoms with Crippen molar-refractivity contribution in [2.75, 3.05) is 20.6 Å². The molecule has 1 N–H and O–H groups in total. The number of rotatable bonds is 6. The Hall–Kier alpha value is -0.610. The molecule has 1 amide bonds. The van der Waals surface area contributed by atoms with Crippen LogP contribution in [0.5, 0.6) is 0 Å². The fourth-order valence-electron chi connectivity index (χ4n) is 2.70. The molecule has 106 valence electrons. The van der Waals surface area contributed by atoms with Crippen LogP contribution in [0.2, 0.25) is 0 Å². The summed E-state index contributed by atoms with van der Waals surface area (Å²) in [7, 11) is 4.14. The minimum atomic E-state index is -0.0371. The van der Waals surface area contributed by atoms with Gasteiger partial charge in [-0.15, -0.1) is 0 Å². The van der Waals surface area contributed by atoms with E-state index in [0.717, 1.165) is 19.4 Å². The van der Waals surface area contributed by atoms with Crippen molar-refractivity contribution < 1.29 is 4.79 Å². The number of hydrogen-bond acceptors (Lipinski definition) is 3. The van der Waals surface area contributed by atoms with E-state index in [2.05, 4.69) is 50.0 Å². The van der Waals surface area contributed by atoms with E-state index >= 15 is 0 Å². The molecule has 1 saturated heterocycles. The molecular formula is C14H29N3O. The molecule has 1 rings (SSSR count). The summed E-state index contributed by atoms with van der Waals surface area (Å²) in [4.78, 5) is 16.6. The van der Waals surface area contributed by atoms with Crippen molar-refractivity contribution >= 4 is 5.91 Å². The van der Waals surface area contributed by atoms with Gasteiger partial charge in [0, 0.05) is 12.6 Å². The Bertz CT molecular complexity index is 278. The summed E-state index contributed by atoms with van der Waals surface area (Å²) >= 11 is 0. The SMILES string of the molecule is CCCC1NC(C)C(=O)N1C(CN(C)C)C(C)C. The van der Waals surface area contributed by atoms with E-state index in [1.165, 1.54) is 0 Å². The third kappa shape index (κ3) is 3.45. The molecule has 1 fully saturated rings. The van der Waals surface area contributed by atoms with Gasteiger partial charge in [-0.2, -0.15) is 0 Å². The highest BCUT2D eigenvalue weighted by atomic mass is 16.2. The Labute approximate surface area is 112 Å². The average molecular weight is 255 g/mol. The predicted molar refractivity (Wildman–Crippen MR) is 75.3 cm³/mol. The summed E-state index contributed by atoms with van der Waals surface area (Å²) < 4.78 is 0. The summed E-state index contributed by atoms with van der Waals surface area (Å²) in [5.41, 5.74) is 0. The normalized spacial score (nSPS) is 26.4. The number of hydrogen-bond donors (Lipinski definition) is 1. The summed E-state index contributed by atoms with van der Waals surface area (Å²) in [5, 5.41) is 3.42. The molecule has 0 aliphatic carbocycles. The largest absolute Gasteiger partial charge is 0.321 e. The second kappa shape index (κ2) is 6.53. The lowest BCUT2D eigenvalue weighted by atomic mass is 10.0. The lowest BCUT2D eigenvalue weighted by molar-refractivity contribution is -0.133. The maximum Gasteiger partial charge on any atom is 0.241 e. The van der Waals surface area contributed by atoms with Crippen molar-refractivity contribution in [2.24, 2.45) is 5.92 Å². The highest BCUT2D eigenvalue weighted by Crippen LogP contribution is 2.22. The molecule has 0 aromatic rings. The van der Waals surface area contributed by atoms with Crippen LogP contribution in [-0.4, -0.2) is 54.6 Å². The van der Waals surface area contributed by atoms with Crippen LogP contribution < -0.4 is 5.32 Å². The predicted octanol–water partition coefficient (Wildman–Crippen LogP) is 1.52. The Morgan fingerprint density at radius 2 is 2.00 bits per heavy atom. The van der Waals surface area contributed by atoms with E-state index in [9.17, 15) is 4.79 Å². The minimum Gasteiger partial charge on any atom is -0.321 e. The monoisotopic (exact) mass is 255 g/mol. The third-order valence-electron chi connectivity index (χ3n) is 3.64. The van der Waals surface area contributed by atoms with Crippen molar-refractivity contribution in [3.8, 4) is 0 Å². The van der Waals surface area contributed by atoms with Gasteiger partial charge in [-0.25, -0.2) is 0 Å². The molecule has 0 saturated carbocycles. The van der Waals surface area contributed by atoms with Crippen molar-refractivity contribution in [3.63, 3.8) is 0 Å². The molecule has 0 spiro atoms. The maximum atomic E-state index is 12.4. The molecular weight excluding hydrogens is 226 g/mol. The molecule has 0 aromatic heterocycles. The lowest BCUT2D eigenvalue weighted by Crippen LogP contribution is -2.51. The van der Waals surface area contributed by atoms with Crippen molar-refractivity contribution in [2.45, 2.75) is 58.8 Å². The molecule has 1 aliphatic rings. The first-order chi connectivity index (χ1) is 8.38. The van der Waals surface area contributed by atoms with E-state index in [4.69, 9.17) is 0 Å². The Morgan fingerprint density at radius 3 is 2.44 bits per heavy atom. The first-order valence-electron chi connectivity index (χ1n) is 7.11. The Kier molecular flexibility index (Phi) is 5.60. The molecule has 1 heterocycles. The van der Waals surface area contributed by atoms with E-state index in [1.807, 2.05) is 6.92 Å². The number of amides is 1. The van der Waals surface area contributed by atoms with Gasteiger partial charge in [0.05, 0.1) is 12.2 Å². The highest BCUT2D eigenvalue weighted by Gasteiger charge is 2.40. The fourth-order valence-corrected chi connectivity index (χ4v) is 2.70. The zero-order valence-corrected chi connectivity index (χ0v) is 12.7. The molecule has 1 aliphatic heterocycles. The second-order valence-electron chi connectivity index (χ2n) is 6.01. The fraction of sp³-hybridized carbons (Fsp3) is 0.929. The zero-order valence-electron chi connectivity index (χ0n) is 12.7. The molecule has 0 bridgehead atoms. The van der Waals surface area contributed by atoms with Gasteiger partial charge in [0.25, 0.3) is 0 Å². The van der Waals surface area contributed by atoms with Crippen molar-refractivity contribution in [1.82, 2.24) is 15.1 Å². The van der Waals surface area contributed by atoms with E-state index in [-0.39, 0.29) is 18.1 Å². The molecule has 18 heavy (non-hydrogen) atoms. The summed E-state index contributed by atoms with van der Waals surface area (Å²) in [6, 6.07) is 0.256. The Morgan fingerprint density at radius 1 is 1.39 bits per heavy atom. The summed E-state index contributed by atoms with van der Waals surface area (Å²) in [6.45, 7) is 9.47. The molecule has 4 heteroatoms. The van der Waals surface area contributed by atoms with Crippen LogP contribution in [0.3, 0.4) is 0 Å².